The smallest absolute Gasteiger partial charge is 0.373 e. The second-order valence-corrected chi connectivity index (χ2v) is 34.6. The molecule has 0 N–H and O–H groups in total. The lowest BCUT2D eigenvalue weighted by molar-refractivity contribution is 0.0584. The molecule has 0 spiro atoms. The van der Waals surface area contributed by atoms with Crippen molar-refractivity contribution in [3.63, 3.8) is 0 Å². The third kappa shape index (κ3) is 19.0. The van der Waals surface area contributed by atoms with Crippen LogP contribution < -0.4 is 0 Å². The van der Waals surface area contributed by atoms with Crippen molar-refractivity contribution in [3.8, 4) is 0 Å². The van der Waals surface area contributed by atoms with Crippen molar-refractivity contribution < 1.29 is 26.6 Å². The summed E-state index contributed by atoms with van der Waals surface area (Å²) >= 11 is 0. The van der Waals surface area contributed by atoms with E-state index >= 15 is 0 Å². The topological polar surface area (TPSA) is 55.4 Å². The van der Waals surface area contributed by atoms with E-state index in [1.54, 1.807) is 0 Å². The van der Waals surface area contributed by atoms with E-state index in [9.17, 15) is 0 Å². The van der Waals surface area contributed by atoms with Crippen LogP contribution in [0, 0.1) is 0 Å². The van der Waals surface area contributed by atoms with Crippen LogP contribution in [0.25, 0.3) is 0 Å². The summed E-state index contributed by atoms with van der Waals surface area (Å²) in [6.07, 6.45) is 8.25. The molecule has 236 valence electrons. The quantitative estimate of drug-likeness (QED) is 0.0788. The van der Waals surface area contributed by atoms with E-state index in [1.165, 1.54) is 12.1 Å². The normalized spacial score (nSPS) is 13.4. The zero-order chi connectivity index (χ0) is 29.7. The van der Waals surface area contributed by atoms with E-state index in [0.717, 1.165) is 103 Å². The molecular weight excluding hydrogens is 577 g/mol. The fourth-order valence-electron chi connectivity index (χ4n) is 4.54. The Hall–Kier alpha value is 0.978. The molecule has 0 aromatic rings. The maximum Gasteiger partial charge on any atom is 0.500 e. The Kier molecular flexibility index (Phi) is 23.1. The van der Waals surface area contributed by atoms with E-state index in [0.29, 0.717) is 0 Å². The van der Waals surface area contributed by atoms with Crippen LogP contribution in [0.15, 0.2) is 0 Å². The summed E-state index contributed by atoms with van der Waals surface area (Å²) in [7, 11) is -5.71. The predicted octanol–water partition coefficient (Wildman–Crippen LogP) is 9.35. The first-order valence-corrected chi connectivity index (χ1v) is 28.6. The molecule has 0 bridgehead atoms. The zero-order valence-corrected chi connectivity index (χ0v) is 32.4. The van der Waals surface area contributed by atoms with E-state index in [4.69, 9.17) is 26.6 Å². The lowest BCUT2D eigenvalue weighted by Crippen LogP contribution is -2.47. The van der Waals surface area contributed by atoms with Gasteiger partial charge in [0.1, 0.15) is 14.4 Å². The Labute approximate surface area is 251 Å². The highest BCUT2D eigenvalue weighted by atomic mass is 32.5. The van der Waals surface area contributed by atoms with Gasteiger partial charge in [0.15, 0.2) is 0 Å². The van der Waals surface area contributed by atoms with Gasteiger partial charge < -0.3 is 26.6 Å². The molecule has 11 heteroatoms. The van der Waals surface area contributed by atoms with Crippen molar-refractivity contribution in [1.29, 1.82) is 0 Å². The highest BCUT2D eigenvalue weighted by Gasteiger charge is 2.43. The van der Waals surface area contributed by atoms with Gasteiger partial charge in [0.25, 0.3) is 0 Å². The molecule has 0 heterocycles. The summed E-state index contributed by atoms with van der Waals surface area (Å²) in [6, 6.07) is 4.44. The molecular formula is C28H66O6SSi4. The third-order valence-electron chi connectivity index (χ3n) is 6.23. The Morgan fingerprint density at radius 3 is 0.821 bits per heavy atom. The Bertz CT molecular complexity index is 495. The van der Waals surface area contributed by atoms with Crippen molar-refractivity contribution in [2.45, 2.75) is 143 Å². The molecule has 0 saturated carbocycles. The van der Waals surface area contributed by atoms with Crippen LogP contribution in [0.3, 0.4) is 0 Å². The molecule has 0 aliphatic carbocycles. The molecule has 0 aromatic carbocycles. The van der Waals surface area contributed by atoms with Gasteiger partial charge in [-0.15, -0.1) is 0 Å². The summed E-state index contributed by atoms with van der Waals surface area (Å²) in [5.41, 5.74) is 0. The first kappa shape index (κ1) is 40.0. The fraction of sp³-hybridized carbons (Fsp3) is 1.00. The van der Waals surface area contributed by atoms with Crippen molar-refractivity contribution in [3.05, 3.63) is 0 Å². The highest BCUT2D eigenvalue weighted by molar-refractivity contribution is 8.49. The molecule has 0 rings (SSSR count). The van der Waals surface area contributed by atoms with Gasteiger partial charge in [0.05, 0.1) is 0 Å². The van der Waals surface area contributed by atoms with Crippen LogP contribution in [0.1, 0.15) is 92.9 Å². The van der Waals surface area contributed by atoms with Crippen molar-refractivity contribution in [2.75, 3.05) is 39.6 Å². The molecule has 0 amide bonds. The van der Waals surface area contributed by atoms with E-state index in [1.807, 2.05) is 0 Å². The number of hydrogen-bond donors (Lipinski definition) is 0. The minimum atomic E-state index is -2.61. The summed E-state index contributed by atoms with van der Waals surface area (Å²) in [5, 5.41) is 0. The number of hydrogen-bond acceptors (Lipinski definition) is 7. The minimum Gasteiger partial charge on any atom is -0.373 e. The fourth-order valence-corrected chi connectivity index (χ4v) is 35.9. The van der Waals surface area contributed by atoms with Gasteiger partial charge in [-0.3, -0.25) is 0 Å². The lowest BCUT2D eigenvalue weighted by Gasteiger charge is -2.35. The van der Waals surface area contributed by atoms with Gasteiger partial charge in [-0.2, -0.15) is 0 Å². The van der Waals surface area contributed by atoms with Crippen molar-refractivity contribution in [1.82, 2.24) is 0 Å². The lowest BCUT2D eigenvalue weighted by atomic mass is 10.5. The maximum atomic E-state index is 6.35. The molecule has 6 nitrogen and oxygen atoms in total. The Balaban J connectivity index is 5.13. The van der Waals surface area contributed by atoms with E-state index in [2.05, 4.69) is 78.4 Å². The maximum absolute atomic E-state index is 6.35. The predicted molar refractivity (Wildman–Crippen MR) is 180 cm³/mol. The van der Waals surface area contributed by atoms with E-state index < -0.39 is 32.1 Å². The summed E-state index contributed by atoms with van der Waals surface area (Å²) in [6.45, 7) is 27.5. The van der Waals surface area contributed by atoms with Crippen LogP contribution in [-0.4, -0.2) is 71.7 Å². The van der Waals surface area contributed by atoms with Gasteiger partial charge in [-0.05, 0) is 50.6 Å². The van der Waals surface area contributed by atoms with Gasteiger partial charge in [0.2, 0.25) is 0 Å². The average Bonchev–Trinajstić information content (AvgIpc) is 2.89. The van der Waals surface area contributed by atoms with Gasteiger partial charge in [-0.1, -0.05) is 80.6 Å². The molecule has 0 radical (unpaired) electrons. The first-order chi connectivity index (χ1) is 18.5. The van der Waals surface area contributed by atoms with Crippen LogP contribution >= 0.6 is 10.7 Å². The van der Waals surface area contributed by atoms with Crippen molar-refractivity contribution >= 4 is 42.7 Å². The monoisotopic (exact) mass is 642 g/mol. The van der Waals surface area contributed by atoms with Crippen LogP contribution in [0.2, 0.25) is 50.4 Å². The van der Waals surface area contributed by atoms with Crippen LogP contribution in [0.5, 0.6) is 0 Å². The SMILES string of the molecule is CCCO[Si](CCC[Si](C)(C)S[Si](C)(C)CCC[Si](OCCC)(OCCC)OCCC)(OCCC)OCCC. The van der Waals surface area contributed by atoms with Crippen molar-refractivity contribution in [2.24, 2.45) is 0 Å². The van der Waals surface area contributed by atoms with Gasteiger partial charge in [0, 0.05) is 51.7 Å². The molecule has 39 heavy (non-hydrogen) atoms. The van der Waals surface area contributed by atoms with E-state index in [-0.39, 0.29) is 0 Å². The summed E-state index contributed by atoms with van der Waals surface area (Å²) in [5.74, 6) is 0. The average molecular weight is 643 g/mol. The summed E-state index contributed by atoms with van der Waals surface area (Å²) < 4.78 is 38.1. The molecule has 0 aromatic heterocycles. The summed E-state index contributed by atoms with van der Waals surface area (Å²) in [4.78, 5) is 0. The Morgan fingerprint density at radius 2 is 0.615 bits per heavy atom. The van der Waals surface area contributed by atoms with Crippen LogP contribution in [-0.2, 0) is 26.6 Å². The van der Waals surface area contributed by atoms with Gasteiger partial charge in [-0.25, -0.2) is 10.7 Å². The molecule has 0 fully saturated rings. The number of rotatable bonds is 28. The third-order valence-corrected chi connectivity index (χ3v) is 30.7. The standard InChI is InChI=1S/C28H66O6SSi4/c1-11-19-29-38(30-20-12-2,31-21-13-3)27-17-25-36(7,8)35-37(9,10)26-18-28-39(32-22-14-4,33-23-15-5)34-24-16-6/h11-28H2,1-10H3. The second kappa shape index (κ2) is 22.5. The highest BCUT2D eigenvalue weighted by Crippen LogP contribution is 2.39. The first-order valence-electron chi connectivity index (χ1n) is 16.0. The Morgan fingerprint density at radius 1 is 0.385 bits per heavy atom. The molecule has 0 atom stereocenters. The molecule has 0 aliphatic heterocycles. The van der Waals surface area contributed by atoms with Gasteiger partial charge >= 0.3 is 17.6 Å². The minimum absolute atomic E-state index is 0.728. The largest absolute Gasteiger partial charge is 0.500 e. The zero-order valence-electron chi connectivity index (χ0n) is 27.6. The molecule has 0 saturated heterocycles. The van der Waals surface area contributed by atoms with Crippen LogP contribution in [0.4, 0.5) is 0 Å². The second-order valence-electron chi connectivity index (χ2n) is 11.8. The molecule has 0 aliphatic rings. The molecule has 0 unspecified atom stereocenters.